The second-order valence-corrected chi connectivity index (χ2v) is 6.41. The molecule has 132 valence electrons. The van der Waals surface area contributed by atoms with Crippen LogP contribution in [-0.4, -0.2) is 37.9 Å². The summed E-state index contributed by atoms with van der Waals surface area (Å²) in [5.74, 6) is 0.994. The standard InChI is InChI=1S/C21H23NO2.ClH/c1-22(2)11-6-12-24-19-9-5-7-16(14-19)13-18-15-17-8-3-4-10-20(17)21(18)23;/h3-5,7-10,13-14H,6,11-12,15H2,1-2H3;1H. The van der Waals surface area contributed by atoms with E-state index >= 15 is 0 Å². The Kier molecular flexibility index (Phi) is 6.80. The van der Waals surface area contributed by atoms with Crippen LogP contribution in [0.5, 0.6) is 5.75 Å². The Balaban J connectivity index is 0.00000225. The van der Waals surface area contributed by atoms with Gasteiger partial charge in [-0.3, -0.25) is 4.79 Å². The fourth-order valence-corrected chi connectivity index (χ4v) is 2.94. The lowest BCUT2D eigenvalue weighted by atomic mass is 10.1. The highest BCUT2D eigenvalue weighted by Crippen LogP contribution is 2.28. The monoisotopic (exact) mass is 357 g/mol. The first-order valence-electron chi connectivity index (χ1n) is 8.34. The first-order chi connectivity index (χ1) is 11.6. The Morgan fingerprint density at radius 2 is 1.92 bits per heavy atom. The zero-order chi connectivity index (χ0) is 16.9. The van der Waals surface area contributed by atoms with Gasteiger partial charge in [0.15, 0.2) is 5.78 Å². The van der Waals surface area contributed by atoms with E-state index in [4.69, 9.17) is 4.74 Å². The summed E-state index contributed by atoms with van der Waals surface area (Å²) < 4.78 is 5.81. The lowest BCUT2D eigenvalue weighted by Gasteiger charge is -2.10. The van der Waals surface area contributed by atoms with Crippen molar-refractivity contribution in [2.75, 3.05) is 27.2 Å². The number of hydrogen-bond acceptors (Lipinski definition) is 3. The summed E-state index contributed by atoms with van der Waals surface area (Å²) >= 11 is 0. The van der Waals surface area contributed by atoms with Gasteiger partial charge in [-0.2, -0.15) is 0 Å². The van der Waals surface area contributed by atoms with E-state index < -0.39 is 0 Å². The van der Waals surface area contributed by atoms with Crippen LogP contribution in [0.15, 0.2) is 54.1 Å². The summed E-state index contributed by atoms with van der Waals surface area (Å²) in [7, 11) is 4.12. The Morgan fingerprint density at radius 3 is 2.68 bits per heavy atom. The number of benzene rings is 2. The zero-order valence-corrected chi connectivity index (χ0v) is 15.5. The maximum atomic E-state index is 12.5. The fourth-order valence-electron chi connectivity index (χ4n) is 2.94. The maximum absolute atomic E-state index is 12.5. The van der Waals surface area contributed by atoms with Gasteiger partial charge in [-0.15, -0.1) is 12.4 Å². The van der Waals surface area contributed by atoms with Gasteiger partial charge in [0.25, 0.3) is 0 Å². The predicted octanol–water partition coefficient (Wildman–Crippen LogP) is 4.26. The quantitative estimate of drug-likeness (QED) is 0.571. The van der Waals surface area contributed by atoms with E-state index in [-0.39, 0.29) is 18.2 Å². The van der Waals surface area contributed by atoms with E-state index in [2.05, 4.69) is 19.0 Å². The Bertz CT molecular complexity index is 768. The predicted molar refractivity (Wildman–Crippen MR) is 105 cm³/mol. The fraction of sp³-hybridized carbons (Fsp3) is 0.286. The van der Waals surface area contributed by atoms with Crippen molar-refractivity contribution in [3.05, 3.63) is 70.8 Å². The van der Waals surface area contributed by atoms with Gasteiger partial charge >= 0.3 is 0 Å². The highest BCUT2D eigenvalue weighted by atomic mass is 35.5. The summed E-state index contributed by atoms with van der Waals surface area (Å²) in [4.78, 5) is 14.6. The molecule has 0 heterocycles. The molecular weight excluding hydrogens is 334 g/mol. The molecule has 0 fully saturated rings. The number of rotatable bonds is 6. The molecule has 0 N–H and O–H groups in total. The smallest absolute Gasteiger partial charge is 0.189 e. The minimum atomic E-state index is 0. The van der Waals surface area contributed by atoms with Crippen LogP contribution in [-0.2, 0) is 6.42 Å². The van der Waals surface area contributed by atoms with Gasteiger partial charge in [0, 0.05) is 24.1 Å². The van der Waals surface area contributed by atoms with Crippen LogP contribution in [0, 0.1) is 0 Å². The van der Waals surface area contributed by atoms with Crippen molar-refractivity contribution in [2.24, 2.45) is 0 Å². The van der Waals surface area contributed by atoms with E-state index in [1.54, 1.807) is 0 Å². The van der Waals surface area contributed by atoms with Gasteiger partial charge in [-0.05, 0) is 49.9 Å². The van der Waals surface area contributed by atoms with Crippen LogP contribution in [0.3, 0.4) is 0 Å². The van der Waals surface area contributed by atoms with Gasteiger partial charge < -0.3 is 9.64 Å². The van der Waals surface area contributed by atoms with Crippen molar-refractivity contribution in [3.8, 4) is 5.75 Å². The van der Waals surface area contributed by atoms with Gasteiger partial charge in [0.05, 0.1) is 6.61 Å². The number of halogens is 1. The molecule has 0 radical (unpaired) electrons. The molecule has 0 unspecified atom stereocenters. The Labute approximate surface area is 155 Å². The first kappa shape index (κ1) is 19.2. The molecule has 0 spiro atoms. The lowest BCUT2D eigenvalue weighted by Crippen LogP contribution is -2.15. The maximum Gasteiger partial charge on any atom is 0.189 e. The summed E-state index contributed by atoms with van der Waals surface area (Å²) in [6, 6.07) is 15.8. The molecule has 2 aromatic rings. The molecule has 0 amide bonds. The third-order valence-electron chi connectivity index (χ3n) is 4.15. The normalized spacial score (nSPS) is 14.5. The molecule has 0 bridgehead atoms. The van der Waals surface area contributed by atoms with Crippen LogP contribution in [0.1, 0.15) is 27.9 Å². The van der Waals surface area contributed by atoms with Crippen molar-refractivity contribution in [1.82, 2.24) is 4.90 Å². The SMILES string of the molecule is CN(C)CCCOc1cccc(C=C2Cc3ccccc3C2=O)c1.Cl. The zero-order valence-electron chi connectivity index (χ0n) is 14.7. The first-order valence-corrected chi connectivity index (χ1v) is 8.34. The highest BCUT2D eigenvalue weighted by Gasteiger charge is 2.23. The van der Waals surface area contributed by atoms with Crippen molar-refractivity contribution in [1.29, 1.82) is 0 Å². The van der Waals surface area contributed by atoms with Crippen molar-refractivity contribution in [2.45, 2.75) is 12.8 Å². The van der Waals surface area contributed by atoms with E-state index in [0.29, 0.717) is 13.0 Å². The molecule has 0 aliphatic heterocycles. The number of ketones is 1. The van der Waals surface area contributed by atoms with Crippen LogP contribution in [0.25, 0.3) is 6.08 Å². The third-order valence-corrected chi connectivity index (χ3v) is 4.15. The van der Waals surface area contributed by atoms with Crippen molar-refractivity contribution >= 4 is 24.3 Å². The molecule has 25 heavy (non-hydrogen) atoms. The third kappa shape index (κ3) is 4.94. The van der Waals surface area contributed by atoms with E-state index in [1.807, 2.05) is 54.6 Å². The van der Waals surface area contributed by atoms with Crippen LogP contribution in [0.4, 0.5) is 0 Å². The van der Waals surface area contributed by atoms with Crippen molar-refractivity contribution < 1.29 is 9.53 Å². The average molecular weight is 358 g/mol. The molecule has 4 heteroatoms. The minimum Gasteiger partial charge on any atom is -0.494 e. The molecule has 3 rings (SSSR count). The molecule has 2 aromatic carbocycles. The molecular formula is C21H24ClNO2. The van der Waals surface area contributed by atoms with E-state index in [1.165, 1.54) is 0 Å². The number of ether oxygens (including phenoxy) is 1. The molecule has 0 saturated heterocycles. The van der Waals surface area contributed by atoms with Gasteiger partial charge in [-0.25, -0.2) is 0 Å². The number of nitrogens with zero attached hydrogens (tertiary/aromatic N) is 1. The Hall–Kier alpha value is -2.10. The highest BCUT2D eigenvalue weighted by molar-refractivity contribution is 6.15. The number of Topliss-reactive ketones (excluding diaryl/α,β-unsaturated/α-hetero) is 1. The number of allylic oxidation sites excluding steroid dienone is 1. The average Bonchev–Trinajstić information content (AvgIpc) is 2.88. The molecule has 1 aliphatic rings. The second kappa shape index (κ2) is 8.84. The summed E-state index contributed by atoms with van der Waals surface area (Å²) in [5.41, 5.74) is 3.81. The minimum absolute atomic E-state index is 0. The molecule has 0 atom stereocenters. The molecule has 1 aliphatic carbocycles. The molecule has 3 nitrogen and oxygen atoms in total. The summed E-state index contributed by atoms with van der Waals surface area (Å²) in [5, 5.41) is 0. The second-order valence-electron chi connectivity index (χ2n) is 6.41. The van der Waals surface area contributed by atoms with E-state index in [0.717, 1.165) is 41.0 Å². The van der Waals surface area contributed by atoms with Crippen LogP contribution in [0.2, 0.25) is 0 Å². The Morgan fingerprint density at radius 1 is 1.12 bits per heavy atom. The van der Waals surface area contributed by atoms with E-state index in [9.17, 15) is 4.79 Å². The summed E-state index contributed by atoms with van der Waals surface area (Å²) in [6.07, 6.45) is 3.68. The number of carbonyl (C=O) groups is 1. The molecule has 0 saturated carbocycles. The summed E-state index contributed by atoms with van der Waals surface area (Å²) in [6.45, 7) is 1.71. The number of hydrogen-bond donors (Lipinski definition) is 0. The topological polar surface area (TPSA) is 29.5 Å². The van der Waals surface area contributed by atoms with Gasteiger partial charge in [-0.1, -0.05) is 36.4 Å². The van der Waals surface area contributed by atoms with Gasteiger partial charge in [0.2, 0.25) is 0 Å². The largest absolute Gasteiger partial charge is 0.494 e. The lowest BCUT2D eigenvalue weighted by molar-refractivity contribution is 0.104. The number of fused-ring (bicyclic) bond motifs is 1. The van der Waals surface area contributed by atoms with Crippen LogP contribution >= 0.6 is 12.4 Å². The van der Waals surface area contributed by atoms with Crippen molar-refractivity contribution in [3.63, 3.8) is 0 Å². The number of carbonyl (C=O) groups excluding carboxylic acids is 1. The van der Waals surface area contributed by atoms with Crippen LogP contribution < -0.4 is 4.74 Å². The molecule has 0 aromatic heterocycles. The van der Waals surface area contributed by atoms with Gasteiger partial charge in [0.1, 0.15) is 5.75 Å².